The largest absolute Gasteiger partial charge is 0.431 e. The van der Waals surface area contributed by atoms with Crippen LogP contribution in [0.15, 0.2) is 28.2 Å². The molecule has 0 aliphatic carbocycles. The highest BCUT2D eigenvalue weighted by Gasteiger charge is 2.08. The van der Waals surface area contributed by atoms with E-state index in [4.69, 9.17) is 16.3 Å². The smallest absolute Gasteiger partial charge is 0.278 e. The summed E-state index contributed by atoms with van der Waals surface area (Å²) in [7, 11) is 0. The predicted octanol–water partition coefficient (Wildman–Crippen LogP) is 4.66. The van der Waals surface area contributed by atoms with Crippen LogP contribution in [0.1, 0.15) is 5.56 Å². The topological polar surface area (TPSA) is 22.1 Å². The number of hydrogen-bond donors (Lipinski definition) is 0. The lowest BCUT2D eigenvalue weighted by Crippen LogP contribution is -1.88. The molecule has 0 saturated heterocycles. The van der Waals surface area contributed by atoms with Crippen LogP contribution in [-0.2, 0) is 0 Å². The number of benzene rings is 1. The number of rotatable bonds is 2. The second-order valence-electron chi connectivity index (χ2n) is 2.88. The van der Waals surface area contributed by atoms with Crippen molar-refractivity contribution in [3.05, 3.63) is 38.8 Å². The molecule has 0 saturated carbocycles. The van der Waals surface area contributed by atoms with Crippen LogP contribution in [0.4, 0.5) is 0 Å². The van der Waals surface area contributed by atoms with Crippen molar-refractivity contribution in [3.8, 4) is 10.9 Å². The van der Waals surface area contributed by atoms with Gasteiger partial charge in [-0.25, -0.2) is 4.98 Å². The molecule has 1 aromatic heterocycles. The Hall–Kier alpha value is -0.580. The molecule has 0 bridgehead atoms. The van der Waals surface area contributed by atoms with Gasteiger partial charge in [0.15, 0.2) is 0 Å². The van der Waals surface area contributed by atoms with Crippen LogP contribution in [0.3, 0.4) is 0 Å². The summed E-state index contributed by atoms with van der Waals surface area (Å²) in [6, 6.07) is 3.73. The highest BCUT2D eigenvalue weighted by molar-refractivity contribution is 9.10. The monoisotopic (exact) mass is 303 g/mol. The molecule has 1 heterocycles. The fourth-order valence-electron chi connectivity index (χ4n) is 1.10. The van der Waals surface area contributed by atoms with Gasteiger partial charge < -0.3 is 4.74 Å². The zero-order valence-electron chi connectivity index (χ0n) is 7.83. The summed E-state index contributed by atoms with van der Waals surface area (Å²) in [4.78, 5) is 4.05. The van der Waals surface area contributed by atoms with Crippen LogP contribution < -0.4 is 4.74 Å². The molecule has 0 aliphatic rings. The van der Waals surface area contributed by atoms with Gasteiger partial charge in [-0.1, -0.05) is 22.9 Å². The van der Waals surface area contributed by atoms with Gasteiger partial charge in [-0.3, -0.25) is 0 Å². The van der Waals surface area contributed by atoms with Crippen LogP contribution >= 0.6 is 38.9 Å². The third kappa shape index (κ3) is 2.33. The lowest BCUT2D eigenvalue weighted by Gasteiger charge is -2.08. The first-order valence-electron chi connectivity index (χ1n) is 4.20. The van der Waals surface area contributed by atoms with Gasteiger partial charge in [0.1, 0.15) is 5.75 Å². The zero-order valence-corrected chi connectivity index (χ0v) is 11.0. The summed E-state index contributed by atoms with van der Waals surface area (Å²) in [6.07, 6.45) is 1.70. The molecule has 2 aromatic rings. The molecule has 1 aromatic carbocycles. The van der Waals surface area contributed by atoms with Crippen LogP contribution in [0.2, 0.25) is 5.02 Å². The Labute approximate surface area is 105 Å². The predicted molar refractivity (Wildman–Crippen MR) is 66.1 cm³/mol. The third-order valence-electron chi connectivity index (χ3n) is 1.90. The van der Waals surface area contributed by atoms with Gasteiger partial charge in [-0.2, -0.15) is 0 Å². The maximum atomic E-state index is 6.08. The molecule has 0 atom stereocenters. The van der Waals surface area contributed by atoms with Gasteiger partial charge in [0.25, 0.3) is 5.19 Å². The van der Waals surface area contributed by atoms with E-state index in [2.05, 4.69) is 20.9 Å². The normalized spacial score (nSPS) is 10.3. The highest BCUT2D eigenvalue weighted by Crippen LogP contribution is 2.35. The number of ether oxygens (including phenoxy) is 1. The van der Waals surface area contributed by atoms with E-state index < -0.39 is 0 Å². The van der Waals surface area contributed by atoms with E-state index in [1.54, 1.807) is 6.20 Å². The molecule has 5 heteroatoms. The number of hydrogen-bond acceptors (Lipinski definition) is 3. The summed E-state index contributed by atoms with van der Waals surface area (Å²) in [6.45, 7) is 1.91. The number of thiazole rings is 1. The minimum atomic E-state index is 0.622. The number of aromatic nitrogens is 1. The minimum absolute atomic E-state index is 0.622. The third-order valence-corrected chi connectivity index (χ3v) is 3.92. The van der Waals surface area contributed by atoms with E-state index in [-0.39, 0.29) is 0 Å². The first kappa shape index (κ1) is 10.9. The molecule has 0 amide bonds. The van der Waals surface area contributed by atoms with Crippen LogP contribution in [0.25, 0.3) is 0 Å². The molecule has 0 spiro atoms. The Morgan fingerprint density at radius 1 is 1.47 bits per heavy atom. The fourth-order valence-corrected chi connectivity index (χ4v) is 2.18. The van der Waals surface area contributed by atoms with Gasteiger partial charge in [-0.05, 0) is 35.0 Å². The highest BCUT2D eigenvalue weighted by atomic mass is 79.9. The van der Waals surface area contributed by atoms with Gasteiger partial charge in [0.2, 0.25) is 0 Å². The summed E-state index contributed by atoms with van der Waals surface area (Å²) in [5.41, 5.74) is 0.904. The Balaban J connectivity index is 2.34. The van der Waals surface area contributed by atoms with E-state index in [1.165, 1.54) is 11.3 Å². The Kier molecular flexibility index (Phi) is 3.29. The van der Waals surface area contributed by atoms with Crippen molar-refractivity contribution < 1.29 is 4.74 Å². The summed E-state index contributed by atoms with van der Waals surface area (Å²) in [5, 5.41) is 3.16. The lowest BCUT2D eigenvalue weighted by atomic mass is 10.2. The second kappa shape index (κ2) is 4.51. The minimum Gasteiger partial charge on any atom is -0.431 e. The molecule has 0 unspecified atom stereocenters. The quantitative estimate of drug-likeness (QED) is 0.805. The lowest BCUT2D eigenvalue weighted by molar-refractivity contribution is 0.475. The first-order chi connectivity index (χ1) is 7.18. The molecule has 2 nitrogen and oxygen atoms in total. The van der Waals surface area contributed by atoms with Crippen molar-refractivity contribution >= 4 is 38.9 Å². The van der Waals surface area contributed by atoms with Crippen molar-refractivity contribution in [1.82, 2.24) is 4.98 Å². The first-order valence-corrected chi connectivity index (χ1v) is 6.25. The average Bonchev–Trinajstić information content (AvgIpc) is 2.72. The van der Waals surface area contributed by atoms with E-state index in [9.17, 15) is 0 Å². The molecule has 0 radical (unpaired) electrons. The van der Waals surface area contributed by atoms with Gasteiger partial charge in [0.05, 0.1) is 5.02 Å². The van der Waals surface area contributed by atoms with Crippen molar-refractivity contribution in [1.29, 1.82) is 0 Å². The van der Waals surface area contributed by atoms with Crippen molar-refractivity contribution in [2.24, 2.45) is 0 Å². The van der Waals surface area contributed by atoms with Crippen LogP contribution in [0, 0.1) is 6.92 Å². The van der Waals surface area contributed by atoms with Crippen molar-refractivity contribution in [2.45, 2.75) is 6.92 Å². The fraction of sp³-hybridized carbons (Fsp3) is 0.100. The van der Waals surface area contributed by atoms with E-state index in [0.717, 1.165) is 15.8 Å². The summed E-state index contributed by atoms with van der Waals surface area (Å²) >= 11 is 10.9. The Morgan fingerprint density at radius 2 is 2.27 bits per heavy atom. The molecule has 0 aliphatic heterocycles. The maximum absolute atomic E-state index is 6.08. The number of halogens is 2. The molecule has 15 heavy (non-hydrogen) atoms. The SMILES string of the molecule is Cc1c(Oc2nccs2)ccc(Br)c1Cl. The van der Waals surface area contributed by atoms with E-state index >= 15 is 0 Å². The standard InChI is InChI=1S/C10H7BrClNOS/c1-6-8(3-2-7(11)9(6)12)14-10-13-4-5-15-10/h2-5H,1H3. The van der Waals surface area contributed by atoms with Crippen LogP contribution in [-0.4, -0.2) is 4.98 Å². The zero-order chi connectivity index (χ0) is 10.8. The molecule has 78 valence electrons. The van der Waals surface area contributed by atoms with Crippen LogP contribution in [0.5, 0.6) is 10.9 Å². The van der Waals surface area contributed by atoms with Gasteiger partial charge >= 0.3 is 0 Å². The van der Waals surface area contributed by atoms with Crippen molar-refractivity contribution in [3.63, 3.8) is 0 Å². The van der Waals surface area contributed by atoms with E-state index in [0.29, 0.717) is 10.2 Å². The second-order valence-corrected chi connectivity index (χ2v) is 4.97. The van der Waals surface area contributed by atoms with E-state index in [1.807, 2.05) is 24.4 Å². The van der Waals surface area contributed by atoms with Gasteiger partial charge in [0, 0.05) is 21.6 Å². The summed E-state index contributed by atoms with van der Waals surface area (Å²) in [5.74, 6) is 0.734. The Morgan fingerprint density at radius 3 is 2.93 bits per heavy atom. The molecule has 0 N–H and O–H groups in total. The molecule has 2 rings (SSSR count). The average molecular weight is 305 g/mol. The summed E-state index contributed by atoms with van der Waals surface area (Å²) < 4.78 is 6.46. The van der Waals surface area contributed by atoms with Crippen molar-refractivity contribution in [2.75, 3.05) is 0 Å². The maximum Gasteiger partial charge on any atom is 0.278 e. The molecular formula is C10H7BrClNOS. The number of nitrogens with zero attached hydrogens (tertiary/aromatic N) is 1. The Bertz CT molecular complexity index is 473. The van der Waals surface area contributed by atoms with Gasteiger partial charge in [-0.15, -0.1) is 0 Å². The molecular weight excluding hydrogens is 298 g/mol. The molecule has 0 fully saturated rings.